The summed E-state index contributed by atoms with van der Waals surface area (Å²) in [5, 5.41) is 0.337. The first kappa shape index (κ1) is 12.3. The molecule has 0 amide bonds. The Hall–Kier alpha value is 0.250. The predicted molar refractivity (Wildman–Crippen MR) is 61.8 cm³/mol. The minimum Gasteiger partial charge on any atom is -0.384 e. The molecular weight excluding hydrogens is 196 g/mol. The largest absolute Gasteiger partial charge is 0.384 e. The molecule has 1 aliphatic rings. The van der Waals surface area contributed by atoms with Crippen molar-refractivity contribution < 1.29 is 4.74 Å². The second kappa shape index (κ2) is 4.85. The van der Waals surface area contributed by atoms with Gasteiger partial charge < -0.3 is 4.74 Å². The third-order valence-corrected chi connectivity index (χ3v) is 4.04. The fourth-order valence-corrected chi connectivity index (χ4v) is 3.44. The van der Waals surface area contributed by atoms with Crippen LogP contribution in [-0.2, 0) is 4.74 Å². The van der Waals surface area contributed by atoms with Crippen molar-refractivity contribution in [3.8, 4) is 0 Å². The van der Waals surface area contributed by atoms with Gasteiger partial charge in [-0.2, -0.15) is 0 Å². The first-order chi connectivity index (χ1) is 6.47. The topological polar surface area (TPSA) is 9.23 Å². The molecule has 3 unspecified atom stereocenters. The number of hydrogen-bond acceptors (Lipinski definition) is 1. The molecule has 84 valence electrons. The van der Waals surface area contributed by atoms with Crippen LogP contribution in [0.5, 0.6) is 0 Å². The molecule has 0 aromatic rings. The smallest absolute Gasteiger partial charge is 0.0516 e. The van der Waals surface area contributed by atoms with Crippen molar-refractivity contribution in [2.24, 2.45) is 17.3 Å². The Balaban J connectivity index is 2.58. The van der Waals surface area contributed by atoms with E-state index >= 15 is 0 Å². The molecule has 3 atom stereocenters. The lowest BCUT2D eigenvalue weighted by atomic mass is 9.69. The molecule has 1 rings (SSSR count). The molecule has 1 fully saturated rings. The SMILES string of the molecule is COCC(C)(C)C1CCC(C)CC1Cl. The van der Waals surface area contributed by atoms with E-state index in [0.717, 1.165) is 12.5 Å². The van der Waals surface area contributed by atoms with Gasteiger partial charge in [0.15, 0.2) is 0 Å². The monoisotopic (exact) mass is 218 g/mol. The highest BCUT2D eigenvalue weighted by Gasteiger charge is 2.37. The van der Waals surface area contributed by atoms with Crippen molar-refractivity contribution in [2.45, 2.75) is 45.4 Å². The average Bonchev–Trinajstić information content (AvgIpc) is 2.02. The van der Waals surface area contributed by atoms with Crippen LogP contribution in [-0.4, -0.2) is 19.1 Å². The number of methoxy groups -OCH3 is 1. The van der Waals surface area contributed by atoms with Crippen molar-refractivity contribution in [3.63, 3.8) is 0 Å². The second-order valence-corrected chi connectivity index (χ2v) is 6.02. The first-order valence-corrected chi connectivity index (χ1v) is 6.04. The van der Waals surface area contributed by atoms with Crippen LogP contribution >= 0.6 is 11.6 Å². The molecule has 0 spiro atoms. The van der Waals surface area contributed by atoms with Crippen molar-refractivity contribution in [1.82, 2.24) is 0 Å². The molecule has 1 nitrogen and oxygen atoms in total. The van der Waals surface area contributed by atoms with E-state index in [1.165, 1.54) is 19.3 Å². The van der Waals surface area contributed by atoms with Crippen LogP contribution in [0, 0.1) is 17.3 Å². The van der Waals surface area contributed by atoms with Crippen LogP contribution in [0.2, 0.25) is 0 Å². The van der Waals surface area contributed by atoms with Gasteiger partial charge in [0.05, 0.1) is 6.61 Å². The highest BCUT2D eigenvalue weighted by atomic mass is 35.5. The fourth-order valence-electron chi connectivity index (χ4n) is 2.67. The number of halogens is 1. The van der Waals surface area contributed by atoms with Crippen molar-refractivity contribution in [2.75, 3.05) is 13.7 Å². The molecule has 1 saturated carbocycles. The average molecular weight is 219 g/mol. The van der Waals surface area contributed by atoms with Crippen molar-refractivity contribution in [1.29, 1.82) is 0 Å². The lowest BCUT2D eigenvalue weighted by molar-refractivity contribution is 0.0395. The van der Waals surface area contributed by atoms with Gasteiger partial charge >= 0.3 is 0 Å². The van der Waals surface area contributed by atoms with Gasteiger partial charge in [0.25, 0.3) is 0 Å². The minimum atomic E-state index is 0.224. The Morgan fingerprint density at radius 3 is 2.50 bits per heavy atom. The highest BCUT2D eigenvalue weighted by Crippen LogP contribution is 2.42. The zero-order valence-corrected chi connectivity index (χ0v) is 10.6. The van der Waals surface area contributed by atoms with Crippen LogP contribution in [0.3, 0.4) is 0 Å². The maximum Gasteiger partial charge on any atom is 0.0516 e. The first-order valence-electron chi connectivity index (χ1n) is 5.60. The predicted octanol–water partition coefficient (Wildman–Crippen LogP) is 3.70. The molecule has 0 aromatic carbocycles. The van der Waals surface area contributed by atoms with Crippen LogP contribution < -0.4 is 0 Å². The number of alkyl halides is 1. The third kappa shape index (κ3) is 2.87. The van der Waals surface area contributed by atoms with E-state index in [2.05, 4.69) is 20.8 Å². The summed E-state index contributed by atoms with van der Waals surface area (Å²) in [6.45, 7) is 7.66. The summed E-state index contributed by atoms with van der Waals surface area (Å²) in [5.41, 5.74) is 0.224. The zero-order chi connectivity index (χ0) is 10.8. The normalized spacial score (nSPS) is 34.5. The summed E-state index contributed by atoms with van der Waals surface area (Å²) in [4.78, 5) is 0. The Morgan fingerprint density at radius 1 is 1.36 bits per heavy atom. The van der Waals surface area contributed by atoms with Crippen LogP contribution in [0.15, 0.2) is 0 Å². The summed E-state index contributed by atoms with van der Waals surface area (Å²) in [6.07, 6.45) is 3.74. The van der Waals surface area contributed by atoms with Gasteiger partial charge in [0, 0.05) is 12.5 Å². The molecule has 1 aliphatic carbocycles. The van der Waals surface area contributed by atoms with E-state index in [1.54, 1.807) is 7.11 Å². The molecule has 0 aliphatic heterocycles. The van der Waals surface area contributed by atoms with Crippen LogP contribution in [0.1, 0.15) is 40.0 Å². The van der Waals surface area contributed by atoms with E-state index in [0.29, 0.717) is 11.3 Å². The Kier molecular flexibility index (Phi) is 4.27. The third-order valence-electron chi connectivity index (χ3n) is 3.55. The molecule has 0 N–H and O–H groups in total. The van der Waals surface area contributed by atoms with Crippen molar-refractivity contribution >= 4 is 11.6 Å². The summed E-state index contributed by atoms with van der Waals surface area (Å²) in [7, 11) is 1.77. The number of rotatable bonds is 3. The summed E-state index contributed by atoms with van der Waals surface area (Å²) < 4.78 is 5.28. The quantitative estimate of drug-likeness (QED) is 0.657. The summed E-state index contributed by atoms with van der Waals surface area (Å²) >= 11 is 6.44. The van der Waals surface area contributed by atoms with Gasteiger partial charge in [0.1, 0.15) is 0 Å². The maximum absolute atomic E-state index is 6.44. The maximum atomic E-state index is 6.44. The molecule has 14 heavy (non-hydrogen) atoms. The van der Waals surface area contributed by atoms with E-state index < -0.39 is 0 Å². The molecule has 0 saturated heterocycles. The Labute approximate surface area is 93.2 Å². The molecular formula is C12H23ClO. The minimum absolute atomic E-state index is 0.224. The summed E-state index contributed by atoms with van der Waals surface area (Å²) in [6, 6.07) is 0. The Bertz CT molecular complexity index is 179. The van der Waals surface area contributed by atoms with E-state index in [4.69, 9.17) is 16.3 Å². The van der Waals surface area contributed by atoms with Gasteiger partial charge in [-0.05, 0) is 30.1 Å². The molecule has 0 radical (unpaired) electrons. The van der Waals surface area contributed by atoms with E-state index in [-0.39, 0.29) is 5.41 Å². The zero-order valence-electron chi connectivity index (χ0n) is 9.85. The van der Waals surface area contributed by atoms with Gasteiger partial charge in [-0.15, -0.1) is 11.6 Å². The van der Waals surface area contributed by atoms with Gasteiger partial charge in [-0.3, -0.25) is 0 Å². The molecule has 0 aromatic heterocycles. The summed E-state index contributed by atoms with van der Waals surface area (Å²) in [5.74, 6) is 1.41. The van der Waals surface area contributed by atoms with E-state index in [9.17, 15) is 0 Å². The lowest BCUT2D eigenvalue weighted by Gasteiger charge is -2.41. The van der Waals surface area contributed by atoms with E-state index in [1.807, 2.05) is 0 Å². The standard InChI is InChI=1S/C12H23ClO/c1-9-5-6-10(11(13)7-9)12(2,3)8-14-4/h9-11H,5-8H2,1-4H3. The number of hydrogen-bond donors (Lipinski definition) is 0. The molecule has 0 bridgehead atoms. The van der Waals surface area contributed by atoms with Gasteiger partial charge in [-0.25, -0.2) is 0 Å². The van der Waals surface area contributed by atoms with Gasteiger partial charge in [-0.1, -0.05) is 27.2 Å². The highest BCUT2D eigenvalue weighted by molar-refractivity contribution is 6.20. The van der Waals surface area contributed by atoms with Crippen LogP contribution in [0.4, 0.5) is 0 Å². The molecule has 2 heteroatoms. The van der Waals surface area contributed by atoms with Crippen LogP contribution in [0.25, 0.3) is 0 Å². The van der Waals surface area contributed by atoms with Gasteiger partial charge in [0.2, 0.25) is 0 Å². The van der Waals surface area contributed by atoms with Crippen molar-refractivity contribution in [3.05, 3.63) is 0 Å². The lowest BCUT2D eigenvalue weighted by Crippen LogP contribution is -2.38. The number of ether oxygens (including phenoxy) is 1. The second-order valence-electron chi connectivity index (χ2n) is 5.46. The Morgan fingerprint density at radius 2 is 2.00 bits per heavy atom. The fraction of sp³-hybridized carbons (Fsp3) is 1.00. The molecule has 0 heterocycles.